The van der Waals surface area contributed by atoms with Crippen molar-refractivity contribution in [3.8, 4) is 11.3 Å². The fraction of sp³-hybridized carbons (Fsp3) is 0.0714. The van der Waals surface area contributed by atoms with Crippen LogP contribution in [-0.2, 0) is 7.05 Å². The van der Waals surface area contributed by atoms with Crippen molar-refractivity contribution in [2.75, 3.05) is 0 Å². The van der Waals surface area contributed by atoms with Crippen molar-refractivity contribution < 1.29 is 0 Å². The first kappa shape index (κ1) is 11.0. The zero-order valence-electron chi connectivity index (χ0n) is 10.00. The van der Waals surface area contributed by atoms with E-state index in [0.29, 0.717) is 0 Å². The Kier molecular flexibility index (Phi) is 2.64. The van der Waals surface area contributed by atoms with Gasteiger partial charge in [0.15, 0.2) is 0 Å². The van der Waals surface area contributed by atoms with E-state index in [9.17, 15) is 0 Å². The van der Waals surface area contributed by atoms with Gasteiger partial charge in [0.05, 0.1) is 5.69 Å². The number of hydrogen-bond donors (Lipinski definition) is 1. The maximum Gasteiger partial charge on any atom is 0.207 e. The summed E-state index contributed by atoms with van der Waals surface area (Å²) in [6.45, 7) is 0. The van der Waals surface area contributed by atoms with E-state index in [-0.39, 0.29) is 0 Å². The molecule has 0 aliphatic rings. The minimum absolute atomic E-state index is 0.818. The van der Waals surface area contributed by atoms with Crippen molar-refractivity contribution >= 4 is 22.1 Å². The minimum atomic E-state index is 0.818. The van der Waals surface area contributed by atoms with Gasteiger partial charge >= 0.3 is 0 Å². The van der Waals surface area contributed by atoms with E-state index in [1.54, 1.807) is 11.3 Å². The lowest BCUT2D eigenvalue weighted by Crippen LogP contribution is -2.13. The van der Waals surface area contributed by atoms with Gasteiger partial charge in [-0.1, -0.05) is 36.4 Å². The zero-order valence-corrected chi connectivity index (χ0v) is 10.8. The lowest BCUT2D eigenvalue weighted by Gasteiger charge is -2.04. The van der Waals surface area contributed by atoms with E-state index in [2.05, 4.69) is 52.9 Å². The highest BCUT2D eigenvalue weighted by Gasteiger charge is 2.05. The van der Waals surface area contributed by atoms with Crippen LogP contribution in [0.5, 0.6) is 0 Å². The van der Waals surface area contributed by atoms with Crippen LogP contribution in [0.25, 0.3) is 22.0 Å². The van der Waals surface area contributed by atoms with E-state index in [4.69, 9.17) is 5.84 Å². The number of benzene rings is 2. The number of aromatic nitrogens is 1. The fourth-order valence-corrected chi connectivity index (χ4v) is 2.93. The van der Waals surface area contributed by atoms with Gasteiger partial charge in [0.2, 0.25) is 4.80 Å². The van der Waals surface area contributed by atoms with E-state index in [1.807, 2.05) is 11.6 Å². The molecule has 4 heteroatoms. The highest BCUT2D eigenvalue weighted by Crippen LogP contribution is 2.24. The van der Waals surface area contributed by atoms with Crippen LogP contribution in [0.3, 0.4) is 0 Å². The molecule has 0 saturated heterocycles. The van der Waals surface area contributed by atoms with E-state index in [0.717, 1.165) is 10.5 Å². The molecule has 18 heavy (non-hydrogen) atoms. The molecule has 2 aromatic carbocycles. The Balaban J connectivity index is 2.22. The molecule has 90 valence electrons. The molecule has 0 amide bonds. The van der Waals surface area contributed by atoms with Crippen LogP contribution in [0.4, 0.5) is 0 Å². The normalized spacial score (nSPS) is 12.2. The predicted octanol–water partition coefficient (Wildman–Crippen LogP) is 2.68. The van der Waals surface area contributed by atoms with E-state index in [1.165, 1.54) is 16.3 Å². The second-order valence-corrected chi connectivity index (χ2v) is 4.99. The van der Waals surface area contributed by atoms with Crippen molar-refractivity contribution in [2.24, 2.45) is 18.0 Å². The van der Waals surface area contributed by atoms with Crippen LogP contribution < -0.4 is 10.6 Å². The molecule has 1 aromatic heterocycles. The molecule has 0 aliphatic carbocycles. The predicted molar refractivity (Wildman–Crippen MR) is 76.0 cm³/mol. The van der Waals surface area contributed by atoms with Crippen molar-refractivity contribution in [1.29, 1.82) is 0 Å². The molecule has 3 aromatic rings. The van der Waals surface area contributed by atoms with E-state index >= 15 is 0 Å². The number of nitrogens with zero attached hydrogens (tertiary/aromatic N) is 2. The third-order valence-corrected chi connectivity index (χ3v) is 4.01. The molecule has 3 rings (SSSR count). The molecule has 1 heterocycles. The number of hydrogen-bond acceptors (Lipinski definition) is 3. The highest BCUT2D eigenvalue weighted by molar-refractivity contribution is 7.07. The summed E-state index contributed by atoms with van der Waals surface area (Å²) in [6, 6.07) is 14.8. The summed E-state index contributed by atoms with van der Waals surface area (Å²) in [5.74, 6) is 5.35. The van der Waals surface area contributed by atoms with Crippen LogP contribution in [0, 0.1) is 0 Å². The Bertz CT molecular complexity index is 768. The summed E-state index contributed by atoms with van der Waals surface area (Å²) < 4.78 is 2.01. The van der Waals surface area contributed by atoms with E-state index < -0.39 is 0 Å². The third-order valence-electron chi connectivity index (χ3n) is 3.08. The first-order valence-electron chi connectivity index (χ1n) is 5.67. The average molecular weight is 255 g/mol. The van der Waals surface area contributed by atoms with Gasteiger partial charge in [0, 0.05) is 12.4 Å². The topological polar surface area (TPSA) is 43.3 Å². The molecule has 0 fully saturated rings. The summed E-state index contributed by atoms with van der Waals surface area (Å²) in [5, 5.41) is 8.33. The molecular weight excluding hydrogens is 242 g/mol. The molecular formula is C14H13N3S. The Labute approximate surface area is 109 Å². The van der Waals surface area contributed by atoms with Crippen molar-refractivity contribution in [3.05, 3.63) is 52.6 Å². The Morgan fingerprint density at radius 2 is 1.89 bits per heavy atom. The monoisotopic (exact) mass is 255 g/mol. The SMILES string of the molecule is Cn1c(-c2ccc3ccccc3c2)csc1=NN. The van der Waals surface area contributed by atoms with Gasteiger partial charge in [-0.3, -0.25) is 0 Å². The highest BCUT2D eigenvalue weighted by atomic mass is 32.1. The summed E-state index contributed by atoms with van der Waals surface area (Å²) in [5.41, 5.74) is 2.32. The van der Waals surface area contributed by atoms with Gasteiger partial charge in [-0.25, -0.2) is 0 Å². The van der Waals surface area contributed by atoms with Crippen LogP contribution in [-0.4, -0.2) is 4.57 Å². The van der Waals surface area contributed by atoms with Crippen molar-refractivity contribution in [3.63, 3.8) is 0 Å². The van der Waals surface area contributed by atoms with Gasteiger partial charge in [0.25, 0.3) is 0 Å². The third kappa shape index (κ3) is 1.71. The molecule has 0 radical (unpaired) electrons. The minimum Gasteiger partial charge on any atom is -0.320 e. The summed E-state index contributed by atoms with van der Waals surface area (Å²) in [4.78, 5) is 0.818. The van der Waals surface area contributed by atoms with Crippen LogP contribution in [0.1, 0.15) is 0 Å². The molecule has 0 spiro atoms. The second-order valence-electron chi connectivity index (χ2n) is 4.15. The molecule has 2 N–H and O–H groups in total. The summed E-state index contributed by atoms with van der Waals surface area (Å²) in [7, 11) is 1.98. The zero-order chi connectivity index (χ0) is 12.5. The van der Waals surface area contributed by atoms with Crippen molar-refractivity contribution in [2.45, 2.75) is 0 Å². The number of fused-ring (bicyclic) bond motifs is 1. The van der Waals surface area contributed by atoms with Crippen LogP contribution >= 0.6 is 11.3 Å². The maximum absolute atomic E-state index is 5.35. The molecule has 3 nitrogen and oxygen atoms in total. The van der Waals surface area contributed by atoms with Crippen LogP contribution in [0.15, 0.2) is 52.9 Å². The first-order chi connectivity index (χ1) is 8.79. The van der Waals surface area contributed by atoms with Gasteiger partial charge in [-0.2, -0.15) is 5.10 Å². The number of thiazole rings is 1. The average Bonchev–Trinajstić information content (AvgIpc) is 2.79. The smallest absolute Gasteiger partial charge is 0.207 e. The quantitative estimate of drug-likeness (QED) is 0.527. The van der Waals surface area contributed by atoms with Gasteiger partial charge < -0.3 is 10.4 Å². The Morgan fingerprint density at radius 1 is 1.11 bits per heavy atom. The Hall–Kier alpha value is -2.07. The standard InChI is InChI=1S/C14H13N3S/c1-17-13(9-18-14(17)16-15)12-7-6-10-4-2-3-5-11(10)8-12/h2-9H,15H2,1H3. The van der Waals surface area contributed by atoms with Crippen molar-refractivity contribution in [1.82, 2.24) is 4.57 Å². The van der Waals surface area contributed by atoms with Crippen LogP contribution in [0.2, 0.25) is 0 Å². The number of rotatable bonds is 1. The largest absolute Gasteiger partial charge is 0.320 e. The molecule has 0 bridgehead atoms. The second kappa shape index (κ2) is 4.31. The lowest BCUT2D eigenvalue weighted by atomic mass is 10.1. The Morgan fingerprint density at radius 3 is 2.61 bits per heavy atom. The molecule has 0 saturated carbocycles. The summed E-state index contributed by atoms with van der Waals surface area (Å²) in [6.07, 6.45) is 0. The van der Waals surface area contributed by atoms with Gasteiger partial charge in [-0.15, -0.1) is 11.3 Å². The lowest BCUT2D eigenvalue weighted by molar-refractivity contribution is 0.863. The first-order valence-corrected chi connectivity index (χ1v) is 6.55. The van der Waals surface area contributed by atoms with Gasteiger partial charge in [-0.05, 0) is 22.4 Å². The molecule has 0 unspecified atom stereocenters. The fourth-order valence-electron chi connectivity index (χ4n) is 2.10. The maximum atomic E-state index is 5.35. The van der Waals surface area contributed by atoms with Gasteiger partial charge in [0.1, 0.15) is 0 Å². The molecule has 0 aliphatic heterocycles. The number of nitrogens with two attached hydrogens (primary N) is 1. The summed E-state index contributed by atoms with van der Waals surface area (Å²) >= 11 is 1.55. The molecule has 0 atom stereocenters.